The van der Waals surface area contributed by atoms with Crippen molar-refractivity contribution in [2.75, 3.05) is 7.11 Å². The molecule has 20 heavy (non-hydrogen) atoms. The highest BCUT2D eigenvalue weighted by Gasteiger charge is 2.17. The van der Waals surface area contributed by atoms with Gasteiger partial charge >= 0.3 is 0 Å². The minimum absolute atomic E-state index is 0.299. The summed E-state index contributed by atoms with van der Waals surface area (Å²) in [5.41, 5.74) is 5.28. The monoisotopic (exact) mass is 294 g/mol. The van der Waals surface area contributed by atoms with Gasteiger partial charge in [-0.1, -0.05) is 23.7 Å². The van der Waals surface area contributed by atoms with Crippen molar-refractivity contribution >= 4 is 11.6 Å². The molecule has 0 spiro atoms. The summed E-state index contributed by atoms with van der Waals surface area (Å²) < 4.78 is 18.7. The number of rotatable bonds is 4. The summed E-state index contributed by atoms with van der Waals surface area (Å²) >= 11 is 6.01. The number of halogens is 2. The maximum atomic E-state index is 13.5. The van der Waals surface area contributed by atoms with E-state index in [0.29, 0.717) is 10.8 Å². The number of nitrogens with two attached hydrogens (primary N) is 1. The molecule has 1 atom stereocenters. The van der Waals surface area contributed by atoms with E-state index in [1.165, 1.54) is 12.1 Å². The first-order valence-corrected chi connectivity index (χ1v) is 6.50. The number of benzene rings is 2. The van der Waals surface area contributed by atoms with Crippen molar-refractivity contribution in [3.05, 3.63) is 63.9 Å². The van der Waals surface area contributed by atoms with E-state index >= 15 is 0 Å². The third kappa shape index (κ3) is 2.93. The highest BCUT2D eigenvalue weighted by atomic mass is 35.5. The molecule has 3 nitrogen and oxygen atoms in total. The third-order valence-electron chi connectivity index (χ3n) is 3.23. The van der Waals surface area contributed by atoms with Gasteiger partial charge in [0.25, 0.3) is 0 Å². The minimum Gasteiger partial charge on any atom is -0.495 e. The molecule has 5 heteroatoms. The SMILES string of the molecule is COc1cc(C(NN)c2cc(F)ccc2C)ccc1Cl. The molecule has 1 unspecified atom stereocenters. The zero-order valence-corrected chi connectivity index (χ0v) is 12.0. The van der Waals surface area contributed by atoms with Gasteiger partial charge in [0.05, 0.1) is 18.2 Å². The molecule has 0 fully saturated rings. The van der Waals surface area contributed by atoms with E-state index in [-0.39, 0.29) is 11.9 Å². The molecule has 0 saturated heterocycles. The fraction of sp³-hybridized carbons (Fsp3) is 0.200. The lowest BCUT2D eigenvalue weighted by atomic mass is 9.95. The summed E-state index contributed by atoms with van der Waals surface area (Å²) in [7, 11) is 1.54. The third-order valence-corrected chi connectivity index (χ3v) is 3.54. The number of aryl methyl sites for hydroxylation is 1. The van der Waals surface area contributed by atoms with Crippen molar-refractivity contribution in [3.8, 4) is 5.75 Å². The molecular formula is C15H16ClFN2O. The van der Waals surface area contributed by atoms with E-state index in [1.807, 2.05) is 13.0 Å². The summed E-state index contributed by atoms with van der Waals surface area (Å²) in [5, 5.41) is 0.517. The second-order valence-electron chi connectivity index (χ2n) is 4.49. The molecule has 0 bridgehead atoms. The Bertz CT molecular complexity index is 619. The van der Waals surface area contributed by atoms with Crippen LogP contribution in [0.1, 0.15) is 22.7 Å². The molecule has 0 heterocycles. The fourth-order valence-corrected chi connectivity index (χ4v) is 2.34. The normalized spacial score (nSPS) is 12.2. The van der Waals surface area contributed by atoms with Gasteiger partial charge in [0.1, 0.15) is 11.6 Å². The van der Waals surface area contributed by atoms with Crippen molar-refractivity contribution in [3.63, 3.8) is 0 Å². The minimum atomic E-state index is -0.336. The van der Waals surface area contributed by atoms with Crippen LogP contribution in [-0.4, -0.2) is 7.11 Å². The molecule has 106 valence electrons. The Balaban J connectivity index is 2.49. The fourth-order valence-electron chi connectivity index (χ4n) is 2.14. The van der Waals surface area contributed by atoms with Crippen LogP contribution in [0.5, 0.6) is 5.75 Å². The van der Waals surface area contributed by atoms with Crippen LogP contribution in [0.2, 0.25) is 5.02 Å². The Labute approximate surface area is 122 Å². The molecule has 0 saturated carbocycles. The molecule has 0 aliphatic carbocycles. The molecular weight excluding hydrogens is 279 g/mol. The summed E-state index contributed by atoms with van der Waals surface area (Å²) in [5.74, 6) is 5.89. The topological polar surface area (TPSA) is 47.3 Å². The van der Waals surface area contributed by atoms with E-state index in [2.05, 4.69) is 5.43 Å². The molecule has 0 radical (unpaired) electrons. The Kier molecular flexibility index (Phi) is 4.60. The van der Waals surface area contributed by atoms with E-state index < -0.39 is 0 Å². The lowest BCUT2D eigenvalue weighted by molar-refractivity contribution is 0.414. The van der Waals surface area contributed by atoms with Gasteiger partial charge in [-0.05, 0) is 47.9 Å². The van der Waals surface area contributed by atoms with Gasteiger partial charge in [0.2, 0.25) is 0 Å². The Morgan fingerprint density at radius 2 is 2.00 bits per heavy atom. The Hall–Kier alpha value is -1.62. The lowest BCUT2D eigenvalue weighted by Crippen LogP contribution is -2.29. The standard InChI is InChI=1S/C15H16ClFN2O/c1-9-3-5-11(17)8-12(9)15(19-18)10-4-6-13(16)14(7-10)20-2/h3-8,15,19H,18H2,1-2H3. The molecule has 2 aromatic rings. The molecule has 0 aliphatic rings. The van der Waals surface area contributed by atoms with Gasteiger partial charge in [0.15, 0.2) is 0 Å². The second kappa shape index (κ2) is 6.22. The largest absolute Gasteiger partial charge is 0.495 e. The highest BCUT2D eigenvalue weighted by Crippen LogP contribution is 2.31. The maximum absolute atomic E-state index is 13.5. The van der Waals surface area contributed by atoms with Crippen molar-refractivity contribution in [1.29, 1.82) is 0 Å². The number of nitrogens with one attached hydrogen (secondary N) is 1. The number of hydrogen-bond donors (Lipinski definition) is 2. The predicted molar refractivity (Wildman–Crippen MR) is 78.3 cm³/mol. The highest BCUT2D eigenvalue weighted by molar-refractivity contribution is 6.32. The first kappa shape index (κ1) is 14.8. The maximum Gasteiger partial charge on any atom is 0.137 e. The molecule has 0 aliphatic heterocycles. The molecule has 0 amide bonds. The number of hydrazine groups is 1. The van der Waals surface area contributed by atoms with E-state index in [0.717, 1.165) is 16.7 Å². The lowest BCUT2D eigenvalue weighted by Gasteiger charge is -2.20. The average Bonchev–Trinajstić information content (AvgIpc) is 2.45. The number of ether oxygens (including phenoxy) is 1. The van der Waals surface area contributed by atoms with Crippen molar-refractivity contribution in [2.24, 2.45) is 5.84 Å². The summed E-state index contributed by atoms with van der Waals surface area (Å²) in [4.78, 5) is 0. The summed E-state index contributed by atoms with van der Waals surface area (Å²) in [6.45, 7) is 1.91. The summed E-state index contributed by atoms with van der Waals surface area (Å²) in [6.07, 6.45) is 0. The zero-order valence-electron chi connectivity index (χ0n) is 11.3. The quantitative estimate of drug-likeness (QED) is 0.671. The molecule has 0 aromatic heterocycles. The Morgan fingerprint density at radius 3 is 2.65 bits per heavy atom. The molecule has 2 rings (SSSR count). The van der Waals surface area contributed by atoms with Crippen LogP contribution in [-0.2, 0) is 0 Å². The van der Waals surface area contributed by atoms with Crippen LogP contribution in [0, 0.1) is 12.7 Å². The zero-order chi connectivity index (χ0) is 14.7. The van der Waals surface area contributed by atoms with E-state index in [9.17, 15) is 4.39 Å². The van der Waals surface area contributed by atoms with Crippen LogP contribution >= 0.6 is 11.6 Å². The van der Waals surface area contributed by atoms with Crippen LogP contribution in [0.3, 0.4) is 0 Å². The summed E-state index contributed by atoms with van der Waals surface area (Å²) in [6, 6.07) is 9.64. The van der Waals surface area contributed by atoms with Gasteiger partial charge in [-0.15, -0.1) is 0 Å². The first-order chi connectivity index (χ1) is 9.56. The van der Waals surface area contributed by atoms with E-state index in [4.69, 9.17) is 22.2 Å². The average molecular weight is 295 g/mol. The number of methoxy groups -OCH3 is 1. The number of hydrogen-bond acceptors (Lipinski definition) is 3. The molecule has 3 N–H and O–H groups in total. The van der Waals surface area contributed by atoms with Gasteiger partial charge in [-0.2, -0.15) is 0 Å². The van der Waals surface area contributed by atoms with Gasteiger partial charge in [-0.25, -0.2) is 9.82 Å². The first-order valence-electron chi connectivity index (χ1n) is 6.12. The predicted octanol–water partition coefficient (Wildman–Crippen LogP) is 3.35. The van der Waals surface area contributed by atoms with Crippen LogP contribution in [0.4, 0.5) is 4.39 Å². The van der Waals surface area contributed by atoms with Crippen molar-refractivity contribution in [2.45, 2.75) is 13.0 Å². The van der Waals surface area contributed by atoms with Gasteiger partial charge < -0.3 is 4.74 Å². The van der Waals surface area contributed by atoms with Gasteiger partial charge in [0, 0.05) is 0 Å². The second-order valence-corrected chi connectivity index (χ2v) is 4.90. The van der Waals surface area contributed by atoms with Crippen LogP contribution < -0.4 is 16.0 Å². The molecule has 2 aromatic carbocycles. The Morgan fingerprint density at radius 1 is 1.25 bits per heavy atom. The van der Waals surface area contributed by atoms with Gasteiger partial charge in [-0.3, -0.25) is 5.84 Å². The van der Waals surface area contributed by atoms with Crippen molar-refractivity contribution in [1.82, 2.24) is 5.43 Å². The smallest absolute Gasteiger partial charge is 0.137 e. The van der Waals surface area contributed by atoms with Crippen LogP contribution in [0.15, 0.2) is 36.4 Å². The van der Waals surface area contributed by atoms with Crippen LogP contribution in [0.25, 0.3) is 0 Å². The van der Waals surface area contributed by atoms with E-state index in [1.54, 1.807) is 25.3 Å². The van der Waals surface area contributed by atoms with Crippen molar-refractivity contribution < 1.29 is 9.13 Å².